The maximum atomic E-state index is 14.9. The molecular weight excluding hydrogens is 360 g/mol. The molecule has 0 aromatic heterocycles. The van der Waals surface area contributed by atoms with Crippen LogP contribution < -0.4 is 0 Å². The van der Waals surface area contributed by atoms with E-state index in [0.717, 1.165) is 12.1 Å². The molecule has 1 rings (SSSR count). The summed E-state index contributed by atoms with van der Waals surface area (Å²) >= 11 is 0. The van der Waals surface area contributed by atoms with Gasteiger partial charge in [-0.3, -0.25) is 4.21 Å². The van der Waals surface area contributed by atoms with Crippen molar-refractivity contribution >= 4 is 16.8 Å². The number of benzene rings is 1. The van der Waals surface area contributed by atoms with Gasteiger partial charge in [0, 0.05) is 26.9 Å². The van der Waals surface area contributed by atoms with Gasteiger partial charge in [0.05, 0.1) is 6.61 Å². The Kier molecular flexibility index (Phi) is 6.78. The van der Waals surface area contributed by atoms with Crippen LogP contribution in [0.4, 0.5) is 17.6 Å². The van der Waals surface area contributed by atoms with E-state index in [4.69, 9.17) is 0 Å². The number of halogens is 4. The molecule has 8 heteroatoms. The van der Waals surface area contributed by atoms with E-state index < -0.39 is 56.7 Å². The van der Waals surface area contributed by atoms with Gasteiger partial charge in [-0.1, -0.05) is 18.2 Å². The van der Waals surface area contributed by atoms with Crippen molar-refractivity contribution in [1.82, 2.24) is 0 Å². The third-order valence-corrected chi connectivity index (χ3v) is 5.93. The first kappa shape index (κ1) is 21.6. The summed E-state index contributed by atoms with van der Waals surface area (Å²) in [6.07, 6.45) is 0. The quantitative estimate of drug-likeness (QED) is 0.533. The van der Waals surface area contributed by atoms with Gasteiger partial charge >= 0.3 is 11.9 Å². The predicted octanol–water partition coefficient (Wildman–Crippen LogP) is 3.78. The second-order valence-corrected chi connectivity index (χ2v) is 8.80. The van der Waals surface area contributed by atoms with Gasteiger partial charge in [-0.2, -0.15) is 8.78 Å². The summed E-state index contributed by atoms with van der Waals surface area (Å²) in [5.74, 6) is -8.41. The van der Waals surface area contributed by atoms with Gasteiger partial charge in [-0.25, -0.2) is 13.6 Å². The Morgan fingerprint density at radius 1 is 1.20 bits per heavy atom. The molecule has 1 aromatic carbocycles. The first-order chi connectivity index (χ1) is 11.4. The van der Waals surface area contributed by atoms with Crippen LogP contribution >= 0.6 is 0 Å². The van der Waals surface area contributed by atoms with Crippen LogP contribution in [0.1, 0.15) is 33.3 Å². The Balaban J connectivity index is 3.62. The Hall–Kier alpha value is -1.44. The van der Waals surface area contributed by atoms with Crippen LogP contribution in [0.5, 0.6) is 0 Å². The maximum absolute atomic E-state index is 14.9. The van der Waals surface area contributed by atoms with E-state index in [-0.39, 0.29) is 6.61 Å². The number of esters is 1. The van der Waals surface area contributed by atoms with E-state index >= 15 is 0 Å². The Morgan fingerprint density at radius 3 is 2.20 bits per heavy atom. The third kappa shape index (κ3) is 4.22. The SMILES string of the molecule is CCOC(=O)C(F)(F)[C@](CF)(C[S@](=O)C(C)(C)C)c1ccccc1F. The van der Waals surface area contributed by atoms with Gasteiger partial charge in [0.25, 0.3) is 0 Å². The van der Waals surface area contributed by atoms with Crippen LogP contribution in [-0.2, 0) is 25.7 Å². The van der Waals surface area contributed by atoms with Crippen molar-refractivity contribution in [2.45, 2.75) is 43.8 Å². The fraction of sp³-hybridized carbons (Fsp3) is 0.588. The number of hydrogen-bond acceptors (Lipinski definition) is 3. The molecule has 0 N–H and O–H groups in total. The highest BCUT2D eigenvalue weighted by Gasteiger charge is 2.63. The van der Waals surface area contributed by atoms with Crippen molar-refractivity contribution in [3.05, 3.63) is 35.6 Å². The molecule has 0 heterocycles. The fourth-order valence-electron chi connectivity index (χ4n) is 2.24. The van der Waals surface area contributed by atoms with E-state index in [1.54, 1.807) is 0 Å². The van der Waals surface area contributed by atoms with Crippen molar-refractivity contribution in [2.24, 2.45) is 0 Å². The summed E-state index contributed by atoms with van der Waals surface area (Å²) < 4.78 is 74.0. The highest BCUT2D eigenvalue weighted by Crippen LogP contribution is 2.44. The number of carbonyl (C=O) groups is 1. The van der Waals surface area contributed by atoms with Crippen molar-refractivity contribution in [3.8, 4) is 0 Å². The average molecular weight is 382 g/mol. The molecule has 0 spiro atoms. The number of alkyl halides is 3. The van der Waals surface area contributed by atoms with Gasteiger partial charge in [0.15, 0.2) is 0 Å². The molecule has 0 fully saturated rings. The number of carbonyl (C=O) groups excluding carboxylic acids is 1. The normalized spacial score (nSPS) is 16.2. The summed E-state index contributed by atoms with van der Waals surface area (Å²) in [4.78, 5) is 11.8. The lowest BCUT2D eigenvalue weighted by Crippen LogP contribution is -2.57. The maximum Gasteiger partial charge on any atom is 0.378 e. The average Bonchev–Trinajstić information content (AvgIpc) is 2.52. The highest BCUT2D eigenvalue weighted by molar-refractivity contribution is 7.86. The second kappa shape index (κ2) is 7.85. The molecular formula is C17H22F4O3S. The number of ether oxygens (including phenoxy) is 1. The molecule has 0 aliphatic heterocycles. The summed E-state index contributed by atoms with van der Waals surface area (Å²) in [7, 11) is -1.98. The van der Waals surface area contributed by atoms with E-state index in [0.29, 0.717) is 0 Å². The summed E-state index contributed by atoms with van der Waals surface area (Å²) in [5, 5.41) is 0. The molecule has 25 heavy (non-hydrogen) atoms. The van der Waals surface area contributed by atoms with Crippen LogP contribution in [0.15, 0.2) is 24.3 Å². The van der Waals surface area contributed by atoms with Gasteiger partial charge in [0.2, 0.25) is 0 Å². The van der Waals surface area contributed by atoms with Gasteiger partial charge in [0.1, 0.15) is 17.9 Å². The van der Waals surface area contributed by atoms with E-state index in [1.165, 1.54) is 39.8 Å². The Labute approximate surface area is 147 Å². The van der Waals surface area contributed by atoms with E-state index in [9.17, 15) is 26.6 Å². The minimum absolute atomic E-state index is 0.351. The third-order valence-electron chi connectivity index (χ3n) is 3.81. The zero-order chi connectivity index (χ0) is 19.5. The van der Waals surface area contributed by atoms with Crippen LogP contribution in [-0.4, -0.2) is 39.9 Å². The molecule has 0 amide bonds. The van der Waals surface area contributed by atoms with Crippen molar-refractivity contribution < 1.29 is 31.3 Å². The molecule has 0 aliphatic rings. The smallest absolute Gasteiger partial charge is 0.378 e. The molecule has 0 bridgehead atoms. The molecule has 1 aromatic rings. The molecule has 3 nitrogen and oxygen atoms in total. The zero-order valence-corrected chi connectivity index (χ0v) is 15.4. The lowest BCUT2D eigenvalue weighted by Gasteiger charge is -2.38. The van der Waals surface area contributed by atoms with Gasteiger partial charge < -0.3 is 4.74 Å². The van der Waals surface area contributed by atoms with Crippen LogP contribution in [0.2, 0.25) is 0 Å². The lowest BCUT2D eigenvalue weighted by atomic mass is 9.77. The first-order valence-corrected chi connectivity index (χ1v) is 9.00. The van der Waals surface area contributed by atoms with Gasteiger partial charge in [-0.05, 0) is 33.8 Å². The number of rotatable bonds is 7. The predicted molar refractivity (Wildman–Crippen MR) is 88.4 cm³/mol. The topological polar surface area (TPSA) is 43.4 Å². The van der Waals surface area contributed by atoms with Crippen molar-refractivity contribution in [2.75, 3.05) is 19.0 Å². The molecule has 142 valence electrons. The standard InChI is InChI=1S/C17H22F4O3S/c1-5-24-14(22)17(20,21)16(10-18,11-25(23)15(2,3)4)12-8-6-7-9-13(12)19/h6-9H,5,10-11H2,1-4H3/t16-,25+/m1/s1. The highest BCUT2D eigenvalue weighted by atomic mass is 32.2. The minimum atomic E-state index is -4.40. The summed E-state index contributed by atoms with van der Waals surface area (Å²) in [5.41, 5.74) is -3.63. The molecule has 0 saturated heterocycles. The molecule has 0 saturated carbocycles. The Bertz CT molecular complexity index is 643. The molecule has 2 atom stereocenters. The largest absolute Gasteiger partial charge is 0.462 e. The Morgan fingerprint density at radius 2 is 1.76 bits per heavy atom. The second-order valence-electron chi connectivity index (χ2n) is 6.59. The molecule has 0 radical (unpaired) electrons. The van der Waals surface area contributed by atoms with E-state index in [2.05, 4.69) is 4.74 Å². The molecule has 0 aliphatic carbocycles. The zero-order valence-electron chi connectivity index (χ0n) is 14.6. The molecule has 0 unspecified atom stereocenters. The first-order valence-electron chi connectivity index (χ1n) is 7.68. The lowest BCUT2D eigenvalue weighted by molar-refractivity contribution is -0.183. The van der Waals surface area contributed by atoms with Crippen LogP contribution in [0.3, 0.4) is 0 Å². The van der Waals surface area contributed by atoms with E-state index in [1.807, 2.05) is 0 Å². The van der Waals surface area contributed by atoms with Gasteiger partial charge in [-0.15, -0.1) is 0 Å². The minimum Gasteiger partial charge on any atom is -0.462 e. The van der Waals surface area contributed by atoms with Crippen LogP contribution in [0.25, 0.3) is 0 Å². The van der Waals surface area contributed by atoms with Crippen molar-refractivity contribution in [1.29, 1.82) is 0 Å². The van der Waals surface area contributed by atoms with Crippen molar-refractivity contribution in [3.63, 3.8) is 0 Å². The monoisotopic (exact) mass is 382 g/mol. The summed E-state index contributed by atoms with van der Waals surface area (Å²) in [6, 6.07) is 4.37. The number of hydrogen-bond donors (Lipinski definition) is 0. The fourth-order valence-corrected chi connectivity index (χ4v) is 3.53. The van der Waals surface area contributed by atoms with Crippen LogP contribution in [0, 0.1) is 5.82 Å². The summed E-state index contributed by atoms with van der Waals surface area (Å²) in [6.45, 7) is 3.77.